The van der Waals surface area contributed by atoms with Crippen molar-refractivity contribution in [2.75, 3.05) is 33.0 Å². The largest absolute Gasteiger partial charge is 0.381 e. The van der Waals surface area contributed by atoms with E-state index in [0.29, 0.717) is 16.2 Å². The maximum atomic E-state index is 5.47. The van der Waals surface area contributed by atoms with Crippen LogP contribution >= 0.6 is 0 Å². The van der Waals surface area contributed by atoms with Crippen molar-refractivity contribution < 1.29 is 18.9 Å². The van der Waals surface area contributed by atoms with Gasteiger partial charge in [0.1, 0.15) is 0 Å². The molecule has 4 heteroatoms. The second-order valence-corrected chi connectivity index (χ2v) is 19.0. The van der Waals surface area contributed by atoms with Crippen LogP contribution in [-0.2, 0) is 18.9 Å². The fourth-order valence-corrected chi connectivity index (χ4v) is 3.23. The molecule has 0 aliphatic carbocycles. The fraction of sp³-hybridized carbons (Fsp3) is 1.00. The predicted molar refractivity (Wildman–Crippen MR) is 217 cm³/mol. The van der Waals surface area contributed by atoms with Crippen molar-refractivity contribution in [2.24, 2.45) is 16.2 Å². The molecule has 0 rings (SSSR count). The molecule has 0 saturated carbocycles. The van der Waals surface area contributed by atoms with E-state index in [0.717, 1.165) is 39.5 Å². The van der Waals surface area contributed by atoms with Gasteiger partial charge in [-0.15, -0.1) is 0 Å². The number of ether oxygens (including phenoxy) is 4. The molecule has 47 heavy (non-hydrogen) atoms. The summed E-state index contributed by atoms with van der Waals surface area (Å²) in [7, 11) is 0. The van der Waals surface area contributed by atoms with Crippen molar-refractivity contribution in [3.05, 3.63) is 0 Å². The highest BCUT2D eigenvalue weighted by Gasteiger charge is 2.10. The molecule has 0 aliphatic rings. The highest BCUT2D eigenvalue weighted by Crippen LogP contribution is 2.21. The Morgan fingerprint density at radius 2 is 0.723 bits per heavy atom. The topological polar surface area (TPSA) is 36.9 Å². The number of rotatable bonds is 11. The molecule has 0 N–H and O–H groups in total. The van der Waals surface area contributed by atoms with Crippen LogP contribution in [0.25, 0.3) is 0 Å². The zero-order valence-electron chi connectivity index (χ0n) is 37.8. The second-order valence-electron chi connectivity index (χ2n) is 19.0. The average molecular weight is 679 g/mol. The van der Waals surface area contributed by atoms with Gasteiger partial charge in [-0.1, -0.05) is 116 Å². The van der Waals surface area contributed by atoms with Gasteiger partial charge in [-0.3, -0.25) is 0 Å². The van der Waals surface area contributed by atoms with E-state index in [2.05, 4.69) is 152 Å². The maximum absolute atomic E-state index is 5.47. The first-order valence-corrected chi connectivity index (χ1v) is 19.4. The summed E-state index contributed by atoms with van der Waals surface area (Å²) < 4.78 is 21.3. The Kier molecular flexibility index (Phi) is 41.4. The lowest BCUT2D eigenvalue weighted by Crippen LogP contribution is -2.19. The molecule has 4 nitrogen and oxygen atoms in total. The van der Waals surface area contributed by atoms with E-state index in [-0.39, 0.29) is 16.8 Å². The van der Waals surface area contributed by atoms with Gasteiger partial charge in [-0.05, 0) is 118 Å². The lowest BCUT2D eigenvalue weighted by molar-refractivity contribution is -0.00423. The molecule has 0 atom stereocenters. The minimum atomic E-state index is 0.0503. The molecule has 0 spiro atoms. The van der Waals surface area contributed by atoms with Crippen molar-refractivity contribution >= 4 is 0 Å². The lowest BCUT2D eigenvalue weighted by Gasteiger charge is -2.18. The van der Waals surface area contributed by atoms with Gasteiger partial charge in [0.15, 0.2) is 0 Å². The van der Waals surface area contributed by atoms with Gasteiger partial charge in [0, 0.05) is 26.4 Å². The van der Waals surface area contributed by atoms with E-state index in [4.69, 9.17) is 18.9 Å². The maximum Gasteiger partial charge on any atom is 0.0598 e. The second kappa shape index (κ2) is 33.0. The fourth-order valence-electron chi connectivity index (χ4n) is 3.23. The third-order valence-corrected chi connectivity index (χ3v) is 5.37. The molecule has 0 aromatic carbocycles. The van der Waals surface area contributed by atoms with E-state index in [1.54, 1.807) is 0 Å². The molecule has 0 unspecified atom stereocenters. The molecule has 0 fully saturated rings. The standard InChI is InChI=1S/C8H18O.C8H18.2C7H16O.C7H16.C6H14O/c1-5-6-7-9-8(2,3)4;1-5-6-7-8(2,3)4;1-5-8-6-7(2,3)4;1-5-6-8-7(2,3)4;1-5-6-7(2,3)4;1-5-7-6(2,3)4/h5-7H2,1-4H3;5-7H2,1-4H3;2*5-6H2,1-4H3;5-6H2,1-4H3;5H2,1-4H3. The normalized spacial score (nSPS) is 12.0. The van der Waals surface area contributed by atoms with Crippen molar-refractivity contribution in [3.63, 3.8) is 0 Å². The first-order chi connectivity index (χ1) is 20.9. The Morgan fingerprint density at radius 3 is 0.851 bits per heavy atom. The van der Waals surface area contributed by atoms with Gasteiger partial charge in [0.25, 0.3) is 0 Å². The third-order valence-electron chi connectivity index (χ3n) is 5.37. The van der Waals surface area contributed by atoms with E-state index in [1.165, 1.54) is 44.9 Å². The molecule has 0 bridgehead atoms. The molecular weight excluding hydrogens is 580 g/mol. The van der Waals surface area contributed by atoms with Crippen LogP contribution in [0, 0.1) is 16.2 Å². The summed E-state index contributed by atoms with van der Waals surface area (Å²) in [5, 5.41) is 0. The summed E-state index contributed by atoms with van der Waals surface area (Å²) >= 11 is 0. The highest BCUT2D eigenvalue weighted by atomic mass is 16.5. The molecule has 0 amide bonds. The summed E-state index contributed by atoms with van der Waals surface area (Å²) in [5.74, 6) is 0. The first kappa shape index (κ1) is 59.0. The predicted octanol–water partition coefficient (Wildman–Crippen LogP) is 14.8. The lowest BCUT2D eigenvalue weighted by atomic mass is 9.90. The first-order valence-electron chi connectivity index (χ1n) is 19.4. The van der Waals surface area contributed by atoms with Crippen LogP contribution in [0.3, 0.4) is 0 Å². The van der Waals surface area contributed by atoms with Gasteiger partial charge < -0.3 is 18.9 Å². The highest BCUT2D eigenvalue weighted by molar-refractivity contribution is 4.61. The Bertz CT molecular complexity index is 511. The monoisotopic (exact) mass is 679 g/mol. The van der Waals surface area contributed by atoms with Crippen molar-refractivity contribution in [1.29, 1.82) is 0 Å². The molecule has 0 aromatic heterocycles. The van der Waals surface area contributed by atoms with Gasteiger partial charge in [0.2, 0.25) is 0 Å². The van der Waals surface area contributed by atoms with Gasteiger partial charge in [-0.25, -0.2) is 0 Å². The summed E-state index contributed by atoms with van der Waals surface area (Å²) in [6.07, 6.45) is 10.2. The summed E-state index contributed by atoms with van der Waals surface area (Å²) in [4.78, 5) is 0. The van der Waals surface area contributed by atoms with Crippen molar-refractivity contribution in [2.45, 2.75) is 234 Å². The molecule has 294 valence electrons. The Balaban J connectivity index is -0.000000108. The minimum absolute atomic E-state index is 0.0503. The van der Waals surface area contributed by atoms with E-state index in [9.17, 15) is 0 Å². The Hall–Kier alpha value is -0.160. The molecule has 0 saturated heterocycles. The zero-order chi connectivity index (χ0) is 39.0. The molecule has 0 heterocycles. The summed E-state index contributed by atoms with van der Waals surface area (Å²) in [5.41, 5.74) is 1.58. The van der Waals surface area contributed by atoms with Crippen LogP contribution in [-0.4, -0.2) is 49.8 Å². The van der Waals surface area contributed by atoms with Gasteiger partial charge >= 0.3 is 0 Å². The van der Waals surface area contributed by atoms with Gasteiger partial charge in [-0.2, -0.15) is 0 Å². The third kappa shape index (κ3) is 106. The number of unbranched alkanes of at least 4 members (excludes halogenated alkanes) is 2. The van der Waals surface area contributed by atoms with Crippen LogP contribution in [0.1, 0.15) is 218 Å². The molecule has 0 aliphatic heterocycles. The van der Waals surface area contributed by atoms with Crippen LogP contribution in [0.5, 0.6) is 0 Å². The summed E-state index contributed by atoms with van der Waals surface area (Å²) in [6.45, 7) is 55.9. The van der Waals surface area contributed by atoms with Gasteiger partial charge in [0.05, 0.1) is 23.4 Å². The minimum Gasteiger partial charge on any atom is -0.381 e. The van der Waals surface area contributed by atoms with Crippen molar-refractivity contribution in [3.8, 4) is 0 Å². The molecular formula is C43H98O4. The van der Waals surface area contributed by atoms with Crippen LogP contribution < -0.4 is 0 Å². The van der Waals surface area contributed by atoms with Crippen molar-refractivity contribution in [1.82, 2.24) is 0 Å². The molecule has 0 aromatic rings. The van der Waals surface area contributed by atoms with Crippen LogP contribution in [0.15, 0.2) is 0 Å². The van der Waals surface area contributed by atoms with E-state index >= 15 is 0 Å². The Labute approximate surface area is 302 Å². The molecule has 0 radical (unpaired) electrons. The van der Waals surface area contributed by atoms with E-state index < -0.39 is 0 Å². The zero-order valence-corrected chi connectivity index (χ0v) is 37.8. The quantitative estimate of drug-likeness (QED) is 0.204. The van der Waals surface area contributed by atoms with Crippen LogP contribution in [0.4, 0.5) is 0 Å². The summed E-state index contributed by atoms with van der Waals surface area (Å²) in [6, 6.07) is 0. The smallest absolute Gasteiger partial charge is 0.0598 e. The number of hydrogen-bond acceptors (Lipinski definition) is 4. The van der Waals surface area contributed by atoms with E-state index in [1.807, 2.05) is 13.8 Å². The SMILES string of the molecule is CCCC(C)(C)C.CCCCC(C)(C)C.CCCCOC(C)(C)C.CCCOC(C)(C)C.CCOC(C)(C)C.CCOCC(C)(C)C. The van der Waals surface area contributed by atoms with Crippen LogP contribution in [0.2, 0.25) is 0 Å². The average Bonchev–Trinajstić information content (AvgIpc) is 2.84. The Morgan fingerprint density at radius 1 is 0.340 bits per heavy atom. The number of hydrogen-bond donors (Lipinski definition) is 0.